The van der Waals surface area contributed by atoms with Crippen molar-refractivity contribution in [3.8, 4) is 0 Å². The van der Waals surface area contributed by atoms with Gasteiger partial charge in [0.15, 0.2) is 0 Å². The Morgan fingerprint density at radius 3 is 2.33 bits per heavy atom. The predicted octanol–water partition coefficient (Wildman–Crippen LogP) is 2.07. The second-order valence-corrected chi connectivity index (χ2v) is 2.55. The zero-order valence-corrected chi connectivity index (χ0v) is 6.26. The molecule has 0 bridgehead atoms. The van der Waals surface area contributed by atoms with E-state index in [0.717, 1.165) is 12.7 Å². The molecule has 0 saturated heterocycles. The molecule has 0 aromatic carbocycles. The van der Waals surface area contributed by atoms with Crippen molar-refractivity contribution in [2.75, 3.05) is 0 Å². The number of hydrogen-bond acceptors (Lipinski definition) is 1. The molecule has 1 nitrogen and oxygen atoms in total. The summed E-state index contributed by atoms with van der Waals surface area (Å²) in [5.41, 5.74) is 0. The highest BCUT2D eigenvalue weighted by Gasteiger charge is 2.08. The summed E-state index contributed by atoms with van der Waals surface area (Å²) in [6.45, 7) is 8.02. The SMILES string of the molecule is [CH2]C(C)C(CC)CC=O. The van der Waals surface area contributed by atoms with Crippen LogP contribution in [-0.4, -0.2) is 6.29 Å². The van der Waals surface area contributed by atoms with Crippen LogP contribution in [0.25, 0.3) is 0 Å². The maximum atomic E-state index is 10.1. The Kier molecular flexibility index (Phi) is 4.37. The number of hydrogen-bond donors (Lipinski definition) is 0. The van der Waals surface area contributed by atoms with Gasteiger partial charge in [-0.3, -0.25) is 0 Å². The lowest BCUT2D eigenvalue weighted by Gasteiger charge is -2.14. The van der Waals surface area contributed by atoms with E-state index in [1.807, 2.05) is 0 Å². The molecule has 2 atom stereocenters. The molecule has 9 heavy (non-hydrogen) atoms. The van der Waals surface area contributed by atoms with Crippen LogP contribution >= 0.6 is 0 Å². The Hall–Kier alpha value is -0.330. The summed E-state index contributed by atoms with van der Waals surface area (Å²) >= 11 is 0. The third kappa shape index (κ3) is 3.28. The molecule has 0 amide bonds. The summed E-state index contributed by atoms with van der Waals surface area (Å²) in [7, 11) is 0. The van der Waals surface area contributed by atoms with Gasteiger partial charge in [-0.05, 0) is 11.8 Å². The van der Waals surface area contributed by atoms with Crippen LogP contribution in [-0.2, 0) is 4.79 Å². The first-order valence-corrected chi connectivity index (χ1v) is 3.49. The average molecular weight is 127 g/mol. The van der Waals surface area contributed by atoms with Gasteiger partial charge in [0.1, 0.15) is 6.29 Å². The highest BCUT2D eigenvalue weighted by molar-refractivity contribution is 5.49. The van der Waals surface area contributed by atoms with E-state index in [2.05, 4.69) is 20.8 Å². The lowest BCUT2D eigenvalue weighted by atomic mass is 9.91. The van der Waals surface area contributed by atoms with Crippen molar-refractivity contribution in [2.45, 2.75) is 26.7 Å². The molecule has 0 aromatic heterocycles. The lowest BCUT2D eigenvalue weighted by molar-refractivity contribution is -0.108. The van der Waals surface area contributed by atoms with Gasteiger partial charge in [-0.25, -0.2) is 0 Å². The Balaban J connectivity index is 3.53. The topological polar surface area (TPSA) is 17.1 Å². The first-order chi connectivity index (χ1) is 4.22. The van der Waals surface area contributed by atoms with Gasteiger partial charge in [-0.1, -0.05) is 27.2 Å². The first kappa shape index (κ1) is 8.67. The molecule has 0 N–H and O–H groups in total. The molecule has 0 aliphatic heterocycles. The molecular weight excluding hydrogens is 112 g/mol. The van der Waals surface area contributed by atoms with E-state index in [9.17, 15) is 4.79 Å². The maximum absolute atomic E-state index is 10.1. The fourth-order valence-electron chi connectivity index (χ4n) is 0.925. The van der Waals surface area contributed by atoms with Gasteiger partial charge >= 0.3 is 0 Å². The summed E-state index contributed by atoms with van der Waals surface area (Å²) in [4.78, 5) is 10.1. The summed E-state index contributed by atoms with van der Waals surface area (Å²) in [5.74, 6) is 0.891. The molecular formula is C8H15O. The van der Waals surface area contributed by atoms with E-state index < -0.39 is 0 Å². The maximum Gasteiger partial charge on any atom is 0.120 e. The lowest BCUT2D eigenvalue weighted by Crippen LogP contribution is -2.07. The van der Waals surface area contributed by atoms with Crippen LogP contribution in [0.5, 0.6) is 0 Å². The Labute approximate surface area is 57.5 Å². The van der Waals surface area contributed by atoms with E-state index in [1.165, 1.54) is 0 Å². The van der Waals surface area contributed by atoms with Crippen LogP contribution in [0.1, 0.15) is 26.7 Å². The molecule has 0 saturated carbocycles. The van der Waals surface area contributed by atoms with Gasteiger partial charge in [-0.15, -0.1) is 0 Å². The Bertz CT molecular complexity index is 76.6. The standard InChI is InChI=1S/C8H15O/c1-4-8(5-6-9)7(2)3/h6-8H,2,4-5H2,1,3H3. The van der Waals surface area contributed by atoms with Crippen molar-refractivity contribution >= 4 is 6.29 Å². The highest BCUT2D eigenvalue weighted by Crippen LogP contribution is 2.16. The van der Waals surface area contributed by atoms with Crippen LogP contribution in [0.15, 0.2) is 0 Å². The van der Waals surface area contributed by atoms with Crippen LogP contribution < -0.4 is 0 Å². The molecule has 53 valence electrons. The molecule has 0 spiro atoms. The third-order valence-electron chi connectivity index (χ3n) is 1.73. The average Bonchev–Trinajstić information content (AvgIpc) is 1.82. The molecule has 2 unspecified atom stereocenters. The first-order valence-electron chi connectivity index (χ1n) is 3.49. The van der Waals surface area contributed by atoms with Crippen molar-refractivity contribution < 1.29 is 4.79 Å². The van der Waals surface area contributed by atoms with Crippen molar-refractivity contribution in [1.82, 2.24) is 0 Å². The normalized spacial score (nSPS) is 13.8. The molecule has 0 aromatic rings. The molecule has 0 rings (SSSR count). The summed E-state index contributed by atoms with van der Waals surface area (Å²) in [5, 5.41) is 0. The van der Waals surface area contributed by atoms with Crippen LogP contribution in [0, 0.1) is 18.8 Å². The minimum absolute atomic E-state index is 0.403. The van der Waals surface area contributed by atoms with E-state index in [0.29, 0.717) is 18.3 Å². The van der Waals surface area contributed by atoms with Crippen molar-refractivity contribution in [3.05, 3.63) is 6.92 Å². The van der Waals surface area contributed by atoms with Crippen molar-refractivity contribution in [1.29, 1.82) is 0 Å². The molecule has 0 aliphatic rings. The molecule has 0 heterocycles. The van der Waals surface area contributed by atoms with Crippen molar-refractivity contribution in [3.63, 3.8) is 0 Å². The monoisotopic (exact) mass is 127 g/mol. The fourth-order valence-corrected chi connectivity index (χ4v) is 0.925. The Morgan fingerprint density at radius 1 is 1.67 bits per heavy atom. The number of aldehydes is 1. The predicted molar refractivity (Wildman–Crippen MR) is 39.0 cm³/mol. The van der Waals surface area contributed by atoms with Gasteiger partial charge in [0.25, 0.3) is 0 Å². The van der Waals surface area contributed by atoms with Crippen LogP contribution in [0.2, 0.25) is 0 Å². The molecule has 1 radical (unpaired) electrons. The molecule has 0 aliphatic carbocycles. The van der Waals surface area contributed by atoms with Crippen LogP contribution in [0.4, 0.5) is 0 Å². The Morgan fingerprint density at radius 2 is 2.22 bits per heavy atom. The van der Waals surface area contributed by atoms with Crippen LogP contribution in [0.3, 0.4) is 0 Å². The number of carbonyl (C=O) groups is 1. The van der Waals surface area contributed by atoms with Gasteiger partial charge in [-0.2, -0.15) is 0 Å². The smallest absolute Gasteiger partial charge is 0.120 e. The summed E-state index contributed by atoms with van der Waals surface area (Å²) in [6, 6.07) is 0. The zero-order valence-electron chi connectivity index (χ0n) is 6.26. The van der Waals surface area contributed by atoms with Gasteiger partial charge in [0.2, 0.25) is 0 Å². The van der Waals surface area contributed by atoms with Crippen molar-refractivity contribution in [2.24, 2.45) is 11.8 Å². The van der Waals surface area contributed by atoms with Gasteiger partial charge < -0.3 is 4.79 Å². The second kappa shape index (κ2) is 4.54. The van der Waals surface area contributed by atoms with Gasteiger partial charge in [0, 0.05) is 6.42 Å². The second-order valence-electron chi connectivity index (χ2n) is 2.55. The number of rotatable bonds is 4. The number of carbonyl (C=O) groups excluding carboxylic acids is 1. The minimum Gasteiger partial charge on any atom is -0.303 e. The van der Waals surface area contributed by atoms with Gasteiger partial charge in [0.05, 0.1) is 0 Å². The molecule has 1 heteroatoms. The quantitative estimate of drug-likeness (QED) is 0.528. The third-order valence-corrected chi connectivity index (χ3v) is 1.73. The van der Waals surface area contributed by atoms with E-state index in [-0.39, 0.29) is 0 Å². The zero-order chi connectivity index (χ0) is 7.28. The van der Waals surface area contributed by atoms with E-state index in [1.54, 1.807) is 0 Å². The highest BCUT2D eigenvalue weighted by atomic mass is 16.1. The molecule has 0 fully saturated rings. The summed E-state index contributed by atoms with van der Waals surface area (Å²) in [6.07, 6.45) is 2.71. The minimum atomic E-state index is 0.403. The van der Waals surface area contributed by atoms with E-state index >= 15 is 0 Å². The summed E-state index contributed by atoms with van der Waals surface area (Å²) < 4.78 is 0. The largest absolute Gasteiger partial charge is 0.303 e. The van der Waals surface area contributed by atoms with E-state index in [4.69, 9.17) is 0 Å². The fraction of sp³-hybridized carbons (Fsp3) is 0.750.